The fourth-order valence-corrected chi connectivity index (χ4v) is 2.90. The van der Waals surface area contributed by atoms with E-state index in [2.05, 4.69) is 17.2 Å². The fourth-order valence-electron chi connectivity index (χ4n) is 2.74. The van der Waals surface area contributed by atoms with Gasteiger partial charge < -0.3 is 10.1 Å². The lowest BCUT2D eigenvalue weighted by atomic mass is 9.74. The Labute approximate surface area is 158 Å². The highest BCUT2D eigenvalue weighted by Gasteiger charge is 2.31. The Balaban J connectivity index is 1.98. The van der Waals surface area contributed by atoms with Gasteiger partial charge in [-0.2, -0.15) is 0 Å². The van der Waals surface area contributed by atoms with Crippen LogP contribution in [0.1, 0.15) is 37.7 Å². The third-order valence-electron chi connectivity index (χ3n) is 3.99. The lowest BCUT2D eigenvalue weighted by Gasteiger charge is -2.32. The van der Waals surface area contributed by atoms with Crippen LogP contribution in [0, 0.1) is 17.3 Å². The summed E-state index contributed by atoms with van der Waals surface area (Å²) in [7, 11) is 0. The standard InChI is InChI=1S/C18H20Cl3NO2/c19-18(20,21)14-24-16(23)22-13-17(10-5-2-6-11-17)12-9-15-7-3-1-4-8-15/h1,3-4,7-8H,2,5-6,10-11,13-14H2,(H,22,23). The van der Waals surface area contributed by atoms with E-state index in [-0.39, 0.29) is 12.0 Å². The number of nitrogens with one attached hydrogen (secondary N) is 1. The van der Waals surface area contributed by atoms with Crippen molar-refractivity contribution in [2.24, 2.45) is 5.41 Å². The molecule has 1 aliphatic carbocycles. The van der Waals surface area contributed by atoms with E-state index in [1.807, 2.05) is 30.3 Å². The van der Waals surface area contributed by atoms with Crippen molar-refractivity contribution in [2.45, 2.75) is 35.9 Å². The van der Waals surface area contributed by atoms with Crippen molar-refractivity contribution in [3.05, 3.63) is 35.9 Å². The minimum absolute atomic E-state index is 0.229. The molecule has 0 unspecified atom stereocenters. The van der Waals surface area contributed by atoms with E-state index in [0.29, 0.717) is 6.54 Å². The molecule has 0 atom stereocenters. The zero-order valence-electron chi connectivity index (χ0n) is 13.3. The summed E-state index contributed by atoms with van der Waals surface area (Å²) in [4.78, 5) is 11.8. The molecular formula is C18H20Cl3NO2. The molecule has 1 fully saturated rings. The van der Waals surface area contributed by atoms with E-state index in [1.165, 1.54) is 6.42 Å². The smallest absolute Gasteiger partial charge is 0.407 e. The molecule has 0 saturated heterocycles. The predicted octanol–water partition coefficient (Wildman–Crippen LogP) is 5.09. The highest BCUT2D eigenvalue weighted by molar-refractivity contribution is 6.67. The number of hydrogen-bond donors (Lipinski definition) is 1. The molecule has 0 aromatic heterocycles. The predicted molar refractivity (Wildman–Crippen MR) is 98.5 cm³/mol. The molecule has 2 rings (SSSR count). The van der Waals surface area contributed by atoms with Crippen LogP contribution in [-0.4, -0.2) is 23.0 Å². The maximum absolute atomic E-state index is 11.8. The summed E-state index contributed by atoms with van der Waals surface area (Å²) in [5.74, 6) is 6.61. The number of amides is 1. The Kier molecular flexibility index (Phi) is 7.10. The molecule has 0 aliphatic heterocycles. The molecular weight excluding hydrogens is 369 g/mol. The van der Waals surface area contributed by atoms with E-state index in [4.69, 9.17) is 39.5 Å². The van der Waals surface area contributed by atoms with Crippen molar-refractivity contribution < 1.29 is 9.53 Å². The molecule has 1 N–H and O–H groups in total. The van der Waals surface area contributed by atoms with E-state index < -0.39 is 9.89 Å². The number of carbonyl (C=O) groups is 1. The van der Waals surface area contributed by atoms with E-state index >= 15 is 0 Å². The summed E-state index contributed by atoms with van der Waals surface area (Å²) >= 11 is 16.7. The van der Waals surface area contributed by atoms with Gasteiger partial charge in [-0.25, -0.2) is 4.79 Å². The Morgan fingerprint density at radius 2 is 1.83 bits per heavy atom. The zero-order valence-corrected chi connectivity index (χ0v) is 15.6. The van der Waals surface area contributed by atoms with Crippen LogP contribution in [0.3, 0.4) is 0 Å². The number of rotatable bonds is 3. The molecule has 0 spiro atoms. The van der Waals surface area contributed by atoms with Gasteiger partial charge in [0.1, 0.15) is 6.61 Å². The third-order valence-corrected chi connectivity index (χ3v) is 4.32. The summed E-state index contributed by atoms with van der Waals surface area (Å²) in [6, 6.07) is 9.84. The first kappa shape index (κ1) is 19.2. The number of alkyl halides is 3. The minimum atomic E-state index is -1.60. The van der Waals surface area contributed by atoms with Crippen LogP contribution in [0.5, 0.6) is 0 Å². The lowest BCUT2D eigenvalue weighted by molar-refractivity contribution is 0.141. The molecule has 24 heavy (non-hydrogen) atoms. The lowest BCUT2D eigenvalue weighted by Crippen LogP contribution is -2.39. The van der Waals surface area contributed by atoms with Gasteiger partial charge in [0.2, 0.25) is 3.79 Å². The van der Waals surface area contributed by atoms with Gasteiger partial charge in [0.25, 0.3) is 0 Å². The largest absolute Gasteiger partial charge is 0.445 e. The highest BCUT2D eigenvalue weighted by Crippen LogP contribution is 2.35. The molecule has 1 aliphatic rings. The Bertz CT molecular complexity index is 596. The van der Waals surface area contributed by atoms with Crippen molar-refractivity contribution in [1.82, 2.24) is 5.32 Å². The van der Waals surface area contributed by atoms with Crippen molar-refractivity contribution in [3.8, 4) is 11.8 Å². The van der Waals surface area contributed by atoms with Crippen LogP contribution in [0.25, 0.3) is 0 Å². The summed E-state index contributed by atoms with van der Waals surface area (Å²) in [6.45, 7) is 0.151. The molecule has 130 valence electrons. The molecule has 0 heterocycles. The van der Waals surface area contributed by atoms with E-state index in [0.717, 1.165) is 31.2 Å². The molecule has 1 aromatic carbocycles. The van der Waals surface area contributed by atoms with Gasteiger partial charge in [0.15, 0.2) is 0 Å². The molecule has 1 amide bonds. The maximum Gasteiger partial charge on any atom is 0.407 e. The molecule has 0 radical (unpaired) electrons. The molecule has 6 heteroatoms. The summed E-state index contributed by atoms with van der Waals surface area (Å²) in [5.41, 5.74) is 0.744. The molecule has 3 nitrogen and oxygen atoms in total. The molecule has 1 aromatic rings. The van der Waals surface area contributed by atoms with Crippen LogP contribution in [0.2, 0.25) is 0 Å². The van der Waals surface area contributed by atoms with Crippen molar-refractivity contribution in [2.75, 3.05) is 13.2 Å². The quantitative estimate of drug-likeness (QED) is 0.579. The van der Waals surface area contributed by atoms with Crippen molar-refractivity contribution >= 4 is 40.9 Å². The van der Waals surface area contributed by atoms with Gasteiger partial charge in [-0.1, -0.05) is 84.1 Å². The normalized spacial score (nSPS) is 16.6. The molecule has 0 bridgehead atoms. The monoisotopic (exact) mass is 387 g/mol. The number of ether oxygens (including phenoxy) is 1. The SMILES string of the molecule is O=C(NCC1(C#Cc2ccccc2)CCCCC1)OCC(Cl)(Cl)Cl. The van der Waals surface area contributed by atoms with Crippen LogP contribution < -0.4 is 5.32 Å². The van der Waals surface area contributed by atoms with Gasteiger partial charge in [-0.15, -0.1) is 0 Å². The van der Waals surface area contributed by atoms with E-state index in [1.54, 1.807) is 0 Å². The van der Waals surface area contributed by atoms with Crippen LogP contribution in [0.4, 0.5) is 4.79 Å². The van der Waals surface area contributed by atoms with Gasteiger partial charge in [0.05, 0.1) is 0 Å². The Hall–Kier alpha value is -1.08. The second-order valence-corrected chi connectivity index (χ2v) is 8.52. The van der Waals surface area contributed by atoms with Crippen molar-refractivity contribution in [3.63, 3.8) is 0 Å². The van der Waals surface area contributed by atoms with Gasteiger partial charge in [-0.05, 0) is 25.0 Å². The third kappa shape index (κ3) is 6.81. The Morgan fingerprint density at radius 1 is 1.17 bits per heavy atom. The maximum atomic E-state index is 11.8. The van der Waals surface area contributed by atoms with Crippen LogP contribution >= 0.6 is 34.8 Å². The first-order chi connectivity index (χ1) is 11.4. The average molecular weight is 389 g/mol. The fraction of sp³-hybridized carbons (Fsp3) is 0.500. The average Bonchev–Trinajstić information content (AvgIpc) is 2.58. The summed E-state index contributed by atoms with van der Waals surface area (Å²) in [5, 5.41) is 2.76. The van der Waals surface area contributed by atoms with Crippen LogP contribution in [-0.2, 0) is 4.74 Å². The first-order valence-corrected chi connectivity index (χ1v) is 9.08. The number of carbonyl (C=O) groups excluding carboxylic acids is 1. The van der Waals surface area contributed by atoms with Crippen molar-refractivity contribution in [1.29, 1.82) is 0 Å². The van der Waals surface area contributed by atoms with Gasteiger partial charge >= 0.3 is 6.09 Å². The van der Waals surface area contributed by atoms with Gasteiger partial charge in [0, 0.05) is 17.5 Å². The Morgan fingerprint density at radius 3 is 2.46 bits per heavy atom. The number of halogens is 3. The van der Waals surface area contributed by atoms with Crippen LogP contribution in [0.15, 0.2) is 30.3 Å². The highest BCUT2D eigenvalue weighted by atomic mass is 35.6. The summed E-state index contributed by atoms with van der Waals surface area (Å²) < 4.78 is 3.31. The summed E-state index contributed by atoms with van der Waals surface area (Å²) in [6.07, 6.45) is 4.73. The zero-order chi connectivity index (χ0) is 17.5. The molecule has 1 saturated carbocycles. The number of benzene rings is 1. The minimum Gasteiger partial charge on any atom is -0.445 e. The second-order valence-electron chi connectivity index (χ2n) is 6.00. The number of alkyl carbamates (subject to hydrolysis) is 1. The topological polar surface area (TPSA) is 38.3 Å². The first-order valence-electron chi connectivity index (χ1n) is 7.94. The number of hydrogen-bond acceptors (Lipinski definition) is 2. The van der Waals surface area contributed by atoms with E-state index in [9.17, 15) is 4.79 Å². The van der Waals surface area contributed by atoms with Gasteiger partial charge in [-0.3, -0.25) is 0 Å². The second kappa shape index (κ2) is 8.85.